The van der Waals surface area contributed by atoms with Crippen LogP contribution in [0, 0.1) is 0 Å². The van der Waals surface area contributed by atoms with Gasteiger partial charge in [0.15, 0.2) is 4.34 Å². The van der Waals surface area contributed by atoms with E-state index in [1.54, 1.807) is 0 Å². The fourth-order valence-corrected chi connectivity index (χ4v) is 3.45. The number of carbonyl (C=O) groups excluding carboxylic acids is 1. The lowest BCUT2D eigenvalue weighted by molar-refractivity contribution is -0.115. The van der Waals surface area contributed by atoms with Crippen LogP contribution in [0.4, 0.5) is 10.8 Å². The maximum absolute atomic E-state index is 12.1. The number of carbonyl (C=O) groups is 1. The van der Waals surface area contributed by atoms with Crippen molar-refractivity contribution in [3.8, 4) is 0 Å². The van der Waals surface area contributed by atoms with E-state index in [-0.39, 0.29) is 11.2 Å². The number of amides is 1. The molecular formula is C14H18N4OS2. The molecule has 0 fully saturated rings. The van der Waals surface area contributed by atoms with E-state index >= 15 is 0 Å². The van der Waals surface area contributed by atoms with Crippen LogP contribution in [0.1, 0.15) is 20.3 Å². The van der Waals surface area contributed by atoms with Crippen LogP contribution >= 0.6 is 23.1 Å². The van der Waals surface area contributed by atoms with Crippen LogP contribution < -0.4 is 10.6 Å². The standard InChI is InChI=1S/C14H18N4OS2/c1-3-9-15-13-17-18-14(21-13)20-10(2)12(19)16-11-7-5-4-6-8-11/h4-8,10H,3,9H2,1-2H3,(H,15,17)(H,16,19)/t10-/m1/s1. The Balaban J connectivity index is 1.87. The summed E-state index contributed by atoms with van der Waals surface area (Å²) in [6.45, 7) is 4.84. The molecule has 21 heavy (non-hydrogen) atoms. The van der Waals surface area contributed by atoms with Crippen molar-refractivity contribution in [2.45, 2.75) is 29.9 Å². The van der Waals surface area contributed by atoms with Crippen LogP contribution in [-0.4, -0.2) is 27.9 Å². The minimum Gasteiger partial charge on any atom is -0.360 e. The number of aromatic nitrogens is 2. The van der Waals surface area contributed by atoms with Crippen molar-refractivity contribution in [2.75, 3.05) is 17.2 Å². The van der Waals surface area contributed by atoms with Crippen molar-refractivity contribution < 1.29 is 4.79 Å². The summed E-state index contributed by atoms with van der Waals surface area (Å²) in [4.78, 5) is 12.1. The zero-order valence-electron chi connectivity index (χ0n) is 12.0. The minimum atomic E-state index is -0.225. The van der Waals surface area contributed by atoms with Gasteiger partial charge in [0.1, 0.15) is 0 Å². The molecule has 0 saturated heterocycles. The van der Waals surface area contributed by atoms with Gasteiger partial charge in [0.05, 0.1) is 5.25 Å². The third-order valence-corrected chi connectivity index (χ3v) is 4.69. The van der Waals surface area contributed by atoms with Gasteiger partial charge in [-0.3, -0.25) is 4.79 Å². The number of hydrogen-bond acceptors (Lipinski definition) is 6. The number of nitrogens with one attached hydrogen (secondary N) is 2. The topological polar surface area (TPSA) is 66.9 Å². The van der Waals surface area contributed by atoms with Crippen LogP contribution in [0.15, 0.2) is 34.7 Å². The van der Waals surface area contributed by atoms with Crippen LogP contribution in [0.25, 0.3) is 0 Å². The molecule has 1 atom stereocenters. The average Bonchev–Trinajstić information content (AvgIpc) is 2.93. The van der Waals surface area contributed by atoms with Crippen LogP contribution in [0.2, 0.25) is 0 Å². The van der Waals surface area contributed by atoms with Crippen LogP contribution in [0.5, 0.6) is 0 Å². The predicted molar refractivity (Wildman–Crippen MR) is 89.1 cm³/mol. The minimum absolute atomic E-state index is 0.0375. The second-order valence-corrected chi connectivity index (χ2v) is 6.98. The van der Waals surface area contributed by atoms with E-state index in [9.17, 15) is 4.79 Å². The van der Waals surface area contributed by atoms with Gasteiger partial charge in [-0.15, -0.1) is 10.2 Å². The van der Waals surface area contributed by atoms with Gasteiger partial charge in [0, 0.05) is 12.2 Å². The Labute approximate surface area is 132 Å². The van der Waals surface area contributed by atoms with Gasteiger partial charge in [-0.25, -0.2) is 0 Å². The van der Waals surface area contributed by atoms with Crippen molar-refractivity contribution in [3.63, 3.8) is 0 Å². The second kappa shape index (κ2) is 7.99. The fourth-order valence-electron chi connectivity index (χ4n) is 1.53. The molecule has 1 aromatic carbocycles. The first kappa shape index (κ1) is 15.8. The van der Waals surface area contributed by atoms with Crippen LogP contribution in [0.3, 0.4) is 0 Å². The van der Waals surface area contributed by atoms with Gasteiger partial charge in [0.2, 0.25) is 11.0 Å². The maximum Gasteiger partial charge on any atom is 0.237 e. The van der Waals surface area contributed by atoms with Crippen LogP contribution in [-0.2, 0) is 4.79 Å². The summed E-state index contributed by atoms with van der Waals surface area (Å²) in [6, 6.07) is 9.44. The van der Waals surface area contributed by atoms with E-state index in [2.05, 4.69) is 27.8 Å². The number of hydrogen-bond donors (Lipinski definition) is 2. The van der Waals surface area contributed by atoms with Gasteiger partial charge in [-0.1, -0.05) is 48.2 Å². The maximum atomic E-state index is 12.1. The van der Waals surface area contributed by atoms with Gasteiger partial charge >= 0.3 is 0 Å². The van der Waals surface area contributed by atoms with Crippen molar-refractivity contribution in [1.29, 1.82) is 0 Å². The van der Waals surface area contributed by atoms with E-state index in [1.807, 2.05) is 37.3 Å². The molecule has 1 aromatic heterocycles. The van der Waals surface area contributed by atoms with E-state index in [4.69, 9.17) is 0 Å². The third-order valence-electron chi connectivity index (χ3n) is 2.62. The Morgan fingerprint density at radius 2 is 2.10 bits per heavy atom. The second-order valence-electron chi connectivity index (χ2n) is 4.42. The lowest BCUT2D eigenvalue weighted by atomic mass is 10.3. The van der Waals surface area contributed by atoms with E-state index < -0.39 is 0 Å². The third kappa shape index (κ3) is 5.02. The van der Waals surface area contributed by atoms with Gasteiger partial charge in [0.25, 0.3) is 0 Å². The smallest absolute Gasteiger partial charge is 0.237 e. The zero-order valence-corrected chi connectivity index (χ0v) is 13.6. The first-order chi connectivity index (χ1) is 10.2. The van der Waals surface area contributed by atoms with E-state index in [1.165, 1.54) is 23.1 Å². The molecule has 0 aliphatic carbocycles. The van der Waals surface area contributed by atoms with Gasteiger partial charge in [-0.05, 0) is 25.5 Å². The SMILES string of the molecule is CCCNc1nnc(S[C@H](C)C(=O)Nc2ccccc2)s1. The summed E-state index contributed by atoms with van der Waals surface area (Å²) >= 11 is 2.89. The fraction of sp³-hybridized carbons (Fsp3) is 0.357. The Kier molecular flexibility index (Phi) is 6.01. The molecule has 0 aliphatic rings. The summed E-state index contributed by atoms with van der Waals surface area (Å²) in [6.07, 6.45) is 1.04. The monoisotopic (exact) mass is 322 g/mol. The number of anilines is 2. The lowest BCUT2D eigenvalue weighted by Crippen LogP contribution is -2.22. The summed E-state index contributed by atoms with van der Waals surface area (Å²) in [5.41, 5.74) is 0.803. The number of nitrogens with zero attached hydrogens (tertiary/aromatic N) is 2. The summed E-state index contributed by atoms with van der Waals surface area (Å²) in [5, 5.41) is 14.8. The van der Waals surface area contributed by atoms with E-state index in [0.717, 1.165) is 28.1 Å². The molecule has 0 unspecified atom stereocenters. The molecule has 2 aromatic rings. The normalized spacial score (nSPS) is 11.9. The highest BCUT2D eigenvalue weighted by Crippen LogP contribution is 2.29. The molecule has 0 bridgehead atoms. The first-order valence-corrected chi connectivity index (χ1v) is 8.48. The first-order valence-electron chi connectivity index (χ1n) is 6.79. The van der Waals surface area contributed by atoms with Crippen molar-refractivity contribution in [2.24, 2.45) is 0 Å². The lowest BCUT2D eigenvalue weighted by Gasteiger charge is -2.09. The number of rotatable bonds is 7. The molecule has 0 saturated carbocycles. The highest BCUT2D eigenvalue weighted by atomic mass is 32.2. The highest BCUT2D eigenvalue weighted by molar-refractivity contribution is 8.02. The molecule has 5 nitrogen and oxygen atoms in total. The molecule has 0 aliphatic heterocycles. The quantitative estimate of drug-likeness (QED) is 0.764. The average molecular weight is 322 g/mol. The summed E-state index contributed by atoms with van der Waals surface area (Å²) in [7, 11) is 0. The van der Waals surface area contributed by atoms with E-state index in [0.29, 0.717) is 0 Å². The Hall–Kier alpha value is -1.60. The highest BCUT2D eigenvalue weighted by Gasteiger charge is 2.17. The Morgan fingerprint density at radius 1 is 1.33 bits per heavy atom. The summed E-state index contributed by atoms with van der Waals surface area (Å²) < 4.78 is 0.796. The van der Waals surface area contributed by atoms with Gasteiger partial charge in [-0.2, -0.15) is 0 Å². The van der Waals surface area contributed by atoms with Gasteiger partial charge < -0.3 is 10.6 Å². The number of thioether (sulfide) groups is 1. The molecule has 2 rings (SSSR count). The van der Waals surface area contributed by atoms with Crippen molar-refractivity contribution in [3.05, 3.63) is 30.3 Å². The predicted octanol–water partition coefficient (Wildman–Crippen LogP) is 3.48. The summed E-state index contributed by atoms with van der Waals surface area (Å²) in [5.74, 6) is -0.0375. The Bertz CT molecular complexity index is 573. The van der Waals surface area contributed by atoms with Crippen molar-refractivity contribution >= 4 is 39.8 Å². The molecular weight excluding hydrogens is 304 g/mol. The Morgan fingerprint density at radius 3 is 2.81 bits per heavy atom. The molecule has 7 heteroatoms. The molecule has 2 N–H and O–H groups in total. The molecule has 0 radical (unpaired) electrons. The molecule has 112 valence electrons. The largest absolute Gasteiger partial charge is 0.360 e. The number of benzene rings is 1. The zero-order chi connectivity index (χ0) is 15.1. The number of para-hydroxylation sites is 1. The molecule has 1 heterocycles. The molecule has 1 amide bonds. The van der Waals surface area contributed by atoms with Crippen molar-refractivity contribution in [1.82, 2.24) is 10.2 Å². The molecule has 0 spiro atoms.